The summed E-state index contributed by atoms with van der Waals surface area (Å²) < 4.78 is 20.0. The van der Waals surface area contributed by atoms with Crippen molar-refractivity contribution in [3.8, 4) is 5.75 Å². The third-order valence-electron chi connectivity index (χ3n) is 11.2. The van der Waals surface area contributed by atoms with Crippen LogP contribution >= 0.6 is 23.1 Å². The van der Waals surface area contributed by atoms with E-state index in [4.69, 9.17) is 9.72 Å². The fourth-order valence-electron chi connectivity index (χ4n) is 8.18. The number of benzene rings is 2. The van der Waals surface area contributed by atoms with Gasteiger partial charge < -0.3 is 24.8 Å². The first-order valence-corrected chi connectivity index (χ1v) is 23.1. The van der Waals surface area contributed by atoms with E-state index in [9.17, 15) is 14.2 Å². The molecule has 0 unspecified atom stereocenters. The van der Waals surface area contributed by atoms with Gasteiger partial charge in [0.05, 0.1) is 51.4 Å². The summed E-state index contributed by atoms with van der Waals surface area (Å²) in [7, 11) is -1.10. The number of pyridine rings is 1. The van der Waals surface area contributed by atoms with Crippen LogP contribution in [0.2, 0.25) is 0 Å². The van der Waals surface area contributed by atoms with Crippen LogP contribution in [0.25, 0.3) is 11.0 Å². The van der Waals surface area contributed by atoms with E-state index in [2.05, 4.69) is 85.6 Å². The maximum absolute atomic E-state index is 13.5. The van der Waals surface area contributed by atoms with Crippen molar-refractivity contribution in [2.45, 2.75) is 38.8 Å². The number of hydrogen-bond acceptors (Lipinski definition) is 14. The van der Waals surface area contributed by atoms with Crippen LogP contribution < -0.4 is 35.8 Å². The van der Waals surface area contributed by atoms with E-state index in [1.807, 2.05) is 24.3 Å². The number of fused-ring (bicyclic) bond motifs is 1. The van der Waals surface area contributed by atoms with Crippen molar-refractivity contribution in [1.82, 2.24) is 40.0 Å². The number of methoxy groups -OCH3 is 1. The van der Waals surface area contributed by atoms with Gasteiger partial charge in [0.25, 0.3) is 0 Å². The minimum absolute atomic E-state index is 0.243. The lowest BCUT2D eigenvalue weighted by Crippen LogP contribution is -2.53. The average Bonchev–Trinajstić information content (AvgIpc) is 3.22. The first kappa shape index (κ1) is 40.6. The second kappa shape index (κ2) is 17.2. The Kier molecular flexibility index (Phi) is 11.8. The maximum atomic E-state index is 13.5. The van der Waals surface area contributed by atoms with E-state index in [0.717, 1.165) is 81.3 Å². The summed E-state index contributed by atoms with van der Waals surface area (Å²) in [6.45, 7) is 12.6. The fraction of sp³-hybridized carbons (Fsp3) is 0.390. The molecule has 59 heavy (non-hydrogen) atoms. The van der Waals surface area contributed by atoms with E-state index in [0.29, 0.717) is 68.7 Å². The van der Waals surface area contributed by atoms with Crippen molar-refractivity contribution in [2.75, 3.05) is 86.7 Å². The maximum Gasteiger partial charge on any atom is 0.328 e. The lowest BCUT2D eigenvalue weighted by Gasteiger charge is -2.43. The van der Waals surface area contributed by atoms with Crippen LogP contribution in [0.3, 0.4) is 0 Å². The smallest absolute Gasteiger partial charge is 0.328 e. The number of nitrogens with zero attached hydrogens (tertiary/aromatic N) is 9. The van der Waals surface area contributed by atoms with Crippen LogP contribution in [-0.4, -0.2) is 119 Å². The van der Waals surface area contributed by atoms with Crippen molar-refractivity contribution in [3.05, 3.63) is 76.9 Å². The van der Waals surface area contributed by atoms with Crippen LogP contribution in [-0.2, 0) is 15.9 Å². The van der Waals surface area contributed by atoms with Crippen LogP contribution in [0.4, 0.5) is 39.3 Å². The number of piperazine rings is 1. The highest BCUT2D eigenvalue weighted by atomic mass is 79.9. The Hall–Kier alpha value is -5.22. The van der Waals surface area contributed by atoms with Crippen LogP contribution in [0.5, 0.6) is 5.75 Å². The summed E-state index contributed by atoms with van der Waals surface area (Å²) in [5, 5.41) is 9.71. The van der Waals surface area contributed by atoms with Crippen molar-refractivity contribution in [2.24, 2.45) is 0 Å². The monoisotopic (exact) mass is 882 g/mol. The molecule has 3 aliphatic heterocycles. The van der Waals surface area contributed by atoms with Gasteiger partial charge in [-0.25, -0.2) is 9.78 Å². The van der Waals surface area contributed by atoms with Crippen LogP contribution in [0.15, 0.2) is 65.7 Å². The molecule has 3 fully saturated rings. The largest absolute Gasteiger partial charge is 0.494 e. The molecule has 2 aromatic carbocycles. The minimum Gasteiger partial charge on any atom is -0.494 e. The number of hydrogen-bond donors (Lipinski definition) is 3. The Balaban J connectivity index is 0.867. The number of carbonyl (C=O) groups is 2. The molecular formula is C41H48BrN12O4P. The van der Waals surface area contributed by atoms with E-state index >= 15 is 0 Å². The Morgan fingerprint density at radius 3 is 2.39 bits per heavy atom. The van der Waals surface area contributed by atoms with Gasteiger partial charge in [-0.15, -0.1) is 0 Å². The number of anilines is 6. The van der Waals surface area contributed by atoms with Gasteiger partial charge in [-0.05, 0) is 84.9 Å². The second-order valence-electron chi connectivity index (χ2n) is 15.5. The molecule has 308 valence electrons. The SMILES string of the molecule is COc1cc(N2CCC(N3CCN(Cc4ccc(N5CCC(=O)NC5=O)cn4)CC3)CC2)c(C)cc1Nc1ncc(Br)c(Nc2ccc3nccnc3c2P(C)(C)=O)n1. The molecule has 3 aromatic heterocycles. The van der Waals surface area contributed by atoms with Gasteiger partial charge in [0.1, 0.15) is 24.2 Å². The van der Waals surface area contributed by atoms with Gasteiger partial charge in [-0.3, -0.25) is 39.8 Å². The van der Waals surface area contributed by atoms with Gasteiger partial charge in [0, 0.05) is 95.2 Å². The molecule has 0 atom stereocenters. The highest BCUT2D eigenvalue weighted by molar-refractivity contribution is 9.10. The number of nitrogens with one attached hydrogen (secondary N) is 3. The topological polar surface area (TPSA) is 174 Å². The Labute approximate surface area is 351 Å². The molecule has 0 bridgehead atoms. The highest BCUT2D eigenvalue weighted by Gasteiger charge is 2.30. The summed E-state index contributed by atoms with van der Waals surface area (Å²) in [5.41, 5.74) is 6.61. The number of imide groups is 1. The molecule has 3 aliphatic rings. The summed E-state index contributed by atoms with van der Waals surface area (Å²) >= 11 is 3.58. The summed E-state index contributed by atoms with van der Waals surface area (Å²) in [6, 6.07) is 11.9. The molecule has 0 saturated carbocycles. The number of ether oxygens (including phenoxy) is 1. The van der Waals surface area contributed by atoms with E-state index < -0.39 is 13.2 Å². The van der Waals surface area contributed by atoms with Gasteiger partial charge >= 0.3 is 6.03 Å². The van der Waals surface area contributed by atoms with Crippen molar-refractivity contribution in [1.29, 1.82) is 0 Å². The minimum atomic E-state index is -2.77. The van der Waals surface area contributed by atoms with Crippen LogP contribution in [0.1, 0.15) is 30.5 Å². The number of amides is 3. The summed E-state index contributed by atoms with van der Waals surface area (Å²) in [5.74, 6) is 1.33. The molecular weight excluding hydrogens is 835 g/mol. The summed E-state index contributed by atoms with van der Waals surface area (Å²) in [4.78, 5) is 55.6. The number of rotatable bonds is 11. The van der Waals surface area contributed by atoms with Gasteiger partial charge in [0.15, 0.2) is 0 Å². The van der Waals surface area contributed by atoms with Gasteiger partial charge in [-0.2, -0.15) is 4.98 Å². The van der Waals surface area contributed by atoms with E-state index in [1.54, 1.807) is 50.1 Å². The zero-order valence-electron chi connectivity index (χ0n) is 33.6. The molecule has 3 saturated heterocycles. The quantitative estimate of drug-likeness (QED) is 0.135. The molecule has 3 N–H and O–H groups in total. The van der Waals surface area contributed by atoms with Gasteiger partial charge in [0.2, 0.25) is 11.9 Å². The molecule has 0 radical (unpaired) electrons. The molecule has 0 spiro atoms. The summed E-state index contributed by atoms with van der Waals surface area (Å²) in [6.07, 6.45) is 9.09. The molecule has 3 amide bonds. The van der Waals surface area contributed by atoms with E-state index in [-0.39, 0.29) is 5.91 Å². The normalized spacial score (nSPS) is 17.3. The zero-order valence-corrected chi connectivity index (χ0v) is 36.1. The van der Waals surface area contributed by atoms with Gasteiger partial charge in [-0.1, -0.05) is 0 Å². The average molecular weight is 884 g/mol. The number of aromatic nitrogens is 5. The molecule has 5 aromatic rings. The van der Waals surface area contributed by atoms with E-state index in [1.165, 1.54) is 0 Å². The third kappa shape index (κ3) is 9.03. The first-order chi connectivity index (χ1) is 28.4. The predicted molar refractivity (Wildman–Crippen MR) is 234 cm³/mol. The molecule has 18 heteroatoms. The lowest BCUT2D eigenvalue weighted by atomic mass is 10.0. The number of aryl methyl sites for hydroxylation is 1. The Morgan fingerprint density at radius 1 is 0.898 bits per heavy atom. The third-order valence-corrected chi connectivity index (χ3v) is 13.3. The highest BCUT2D eigenvalue weighted by Crippen LogP contribution is 2.42. The van der Waals surface area contributed by atoms with Crippen molar-refractivity contribution < 1.29 is 18.9 Å². The van der Waals surface area contributed by atoms with Crippen LogP contribution in [0, 0.1) is 6.92 Å². The number of piperidine rings is 1. The predicted octanol–water partition coefficient (Wildman–Crippen LogP) is 5.86. The molecule has 8 rings (SSSR count). The number of urea groups is 1. The lowest BCUT2D eigenvalue weighted by molar-refractivity contribution is -0.120. The first-order valence-electron chi connectivity index (χ1n) is 19.8. The van der Waals surface area contributed by atoms with Crippen molar-refractivity contribution in [3.63, 3.8) is 0 Å². The number of halogens is 1. The number of carbonyl (C=O) groups excluding carboxylic acids is 2. The standard InChI is InChI=1S/C41H48BrN12O4P/c1-26-21-33(48-40-46-24-30(42)39(50-40)47-32-8-7-31-37(44-13-12-43-31)38(32)59(3,4)57)35(58-2)22-34(26)53-14-9-28(10-15-53)52-19-17-51(18-20-52)25-27-5-6-29(23-45-27)54-16-11-36(55)49-41(54)56/h5-8,12-13,21-24,28H,9-11,14-20,25H2,1-4H3,(H,49,55,56)(H2,46,47,48,50). The Morgan fingerprint density at radius 2 is 1.68 bits per heavy atom. The molecule has 16 nitrogen and oxygen atoms in total. The molecule has 6 heterocycles. The molecule has 0 aliphatic carbocycles. The second-order valence-corrected chi connectivity index (χ2v) is 19.5. The zero-order chi connectivity index (χ0) is 41.3. The van der Waals surface area contributed by atoms with Crippen molar-refractivity contribution >= 4 is 85.9 Å². The Bertz CT molecular complexity index is 2420. The fourth-order valence-corrected chi connectivity index (χ4v) is 9.87.